The third-order valence-electron chi connectivity index (χ3n) is 1.92. The molecule has 0 aromatic rings. The summed E-state index contributed by atoms with van der Waals surface area (Å²) in [6.07, 6.45) is 2.54. The fourth-order valence-corrected chi connectivity index (χ4v) is 1.19. The highest BCUT2D eigenvalue weighted by molar-refractivity contribution is 4.65. The van der Waals surface area contributed by atoms with Crippen LogP contribution in [0.3, 0.4) is 0 Å². The van der Waals surface area contributed by atoms with Crippen LogP contribution < -0.4 is 0 Å². The zero-order chi connectivity index (χ0) is 7.98. The van der Waals surface area contributed by atoms with Crippen molar-refractivity contribution in [3.8, 4) is 0 Å². The van der Waals surface area contributed by atoms with E-state index in [0.29, 0.717) is 0 Å². The molecule has 2 atom stereocenters. The lowest BCUT2D eigenvalue weighted by molar-refractivity contribution is 0.0419. The molecule has 62 valence electrons. The lowest BCUT2D eigenvalue weighted by Crippen LogP contribution is -2.23. The first-order valence-electron chi connectivity index (χ1n) is 4.05. The van der Waals surface area contributed by atoms with Crippen LogP contribution in [0.5, 0.6) is 0 Å². The second-order valence-corrected chi connectivity index (χ2v) is 2.71. The summed E-state index contributed by atoms with van der Waals surface area (Å²) in [4.78, 5) is 0. The van der Waals surface area contributed by atoms with Crippen LogP contribution >= 0.6 is 0 Å². The standard InChI is InChI=1S/C8H18O2/c1-3-5-7(4-2)8(10)6-9/h7-10H,3-6H2,1-2H3. The quantitative estimate of drug-likeness (QED) is 0.611. The molecule has 2 N–H and O–H groups in total. The number of hydrogen-bond donors (Lipinski definition) is 2. The Morgan fingerprint density at radius 1 is 1.30 bits per heavy atom. The second kappa shape index (κ2) is 5.69. The lowest BCUT2D eigenvalue weighted by Gasteiger charge is -2.18. The summed E-state index contributed by atoms with van der Waals surface area (Å²) in [6, 6.07) is 0. The van der Waals surface area contributed by atoms with Crippen molar-refractivity contribution in [1.82, 2.24) is 0 Å². The average Bonchev–Trinajstić information content (AvgIpc) is 1.99. The summed E-state index contributed by atoms with van der Waals surface area (Å²) < 4.78 is 0. The van der Waals surface area contributed by atoms with Gasteiger partial charge in [0.1, 0.15) is 0 Å². The maximum absolute atomic E-state index is 9.20. The first-order chi connectivity index (χ1) is 4.76. The molecule has 0 aromatic carbocycles. The molecule has 0 bridgehead atoms. The molecular weight excluding hydrogens is 128 g/mol. The van der Waals surface area contributed by atoms with Crippen LogP contribution in [0, 0.1) is 5.92 Å². The van der Waals surface area contributed by atoms with Gasteiger partial charge in [-0.1, -0.05) is 26.7 Å². The van der Waals surface area contributed by atoms with Crippen molar-refractivity contribution in [2.24, 2.45) is 5.92 Å². The molecule has 0 heterocycles. The first-order valence-corrected chi connectivity index (χ1v) is 4.05. The van der Waals surface area contributed by atoms with Crippen LogP contribution in [0.1, 0.15) is 33.1 Å². The highest BCUT2D eigenvalue weighted by atomic mass is 16.3. The number of rotatable bonds is 5. The van der Waals surface area contributed by atoms with E-state index in [1.54, 1.807) is 0 Å². The first kappa shape index (κ1) is 9.92. The molecule has 2 unspecified atom stereocenters. The molecule has 0 radical (unpaired) electrons. The molecule has 0 aliphatic carbocycles. The summed E-state index contributed by atoms with van der Waals surface area (Å²) in [7, 11) is 0. The normalized spacial score (nSPS) is 16.8. The van der Waals surface area contributed by atoms with Gasteiger partial charge in [-0.2, -0.15) is 0 Å². The van der Waals surface area contributed by atoms with Gasteiger partial charge in [0.2, 0.25) is 0 Å². The topological polar surface area (TPSA) is 40.5 Å². The van der Waals surface area contributed by atoms with Crippen molar-refractivity contribution in [2.45, 2.75) is 39.2 Å². The predicted octanol–water partition coefficient (Wildman–Crippen LogP) is 1.17. The fourth-order valence-electron chi connectivity index (χ4n) is 1.19. The second-order valence-electron chi connectivity index (χ2n) is 2.71. The van der Waals surface area contributed by atoms with E-state index in [9.17, 15) is 5.11 Å². The molecule has 0 amide bonds. The van der Waals surface area contributed by atoms with Gasteiger partial charge in [-0.05, 0) is 12.3 Å². The van der Waals surface area contributed by atoms with E-state index in [4.69, 9.17) is 5.11 Å². The van der Waals surface area contributed by atoms with Crippen LogP contribution in [-0.2, 0) is 0 Å². The van der Waals surface area contributed by atoms with E-state index in [1.807, 2.05) is 6.92 Å². The monoisotopic (exact) mass is 146 g/mol. The fraction of sp³-hybridized carbons (Fsp3) is 1.00. The van der Waals surface area contributed by atoms with Gasteiger partial charge in [-0.3, -0.25) is 0 Å². The van der Waals surface area contributed by atoms with E-state index >= 15 is 0 Å². The largest absolute Gasteiger partial charge is 0.394 e. The third-order valence-corrected chi connectivity index (χ3v) is 1.92. The van der Waals surface area contributed by atoms with Crippen molar-refractivity contribution < 1.29 is 10.2 Å². The molecule has 10 heavy (non-hydrogen) atoms. The van der Waals surface area contributed by atoms with Gasteiger partial charge >= 0.3 is 0 Å². The molecule has 0 aromatic heterocycles. The highest BCUT2D eigenvalue weighted by Crippen LogP contribution is 2.14. The highest BCUT2D eigenvalue weighted by Gasteiger charge is 2.14. The van der Waals surface area contributed by atoms with Gasteiger partial charge in [-0.15, -0.1) is 0 Å². The molecule has 0 saturated heterocycles. The summed E-state index contributed by atoms with van der Waals surface area (Å²) in [6.45, 7) is 4.03. The van der Waals surface area contributed by atoms with Gasteiger partial charge in [0.25, 0.3) is 0 Å². The average molecular weight is 146 g/mol. The minimum atomic E-state index is -0.509. The number of hydrogen-bond acceptors (Lipinski definition) is 2. The summed E-state index contributed by atoms with van der Waals surface area (Å²) >= 11 is 0. The molecule has 0 aliphatic rings. The SMILES string of the molecule is CCCC(CC)C(O)CO. The molecule has 0 rings (SSSR count). The zero-order valence-electron chi connectivity index (χ0n) is 6.88. The van der Waals surface area contributed by atoms with Crippen LogP contribution in [0.25, 0.3) is 0 Å². The van der Waals surface area contributed by atoms with Crippen LogP contribution in [-0.4, -0.2) is 22.9 Å². The van der Waals surface area contributed by atoms with Gasteiger partial charge < -0.3 is 10.2 Å². The molecule has 0 saturated carbocycles. The molecule has 2 nitrogen and oxygen atoms in total. The minimum absolute atomic E-state index is 0.0987. The van der Waals surface area contributed by atoms with Gasteiger partial charge in [0.05, 0.1) is 12.7 Å². The summed E-state index contributed by atoms with van der Waals surface area (Å²) in [5, 5.41) is 17.8. The third kappa shape index (κ3) is 3.18. The van der Waals surface area contributed by atoms with E-state index in [1.165, 1.54) is 0 Å². The number of aliphatic hydroxyl groups is 2. The number of aliphatic hydroxyl groups excluding tert-OH is 2. The van der Waals surface area contributed by atoms with E-state index in [0.717, 1.165) is 19.3 Å². The van der Waals surface area contributed by atoms with Crippen LogP contribution in [0.2, 0.25) is 0 Å². The maximum atomic E-state index is 9.20. The maximum Gasteiger partial charge on any atom is 0.0798 e. The Kier molecular flexibility index (Phi) is 5.64. The predicted molar refractivity (Wildman–Crippen MR) is 41.8 cm³/mol. The van der Waals surface area contributed by atoms with E-state index < -0.39 is 6.10 Å². The zero-order valence-corrected chi connectivity index (χ0v) is 6.88. The molecule has 0 fully saturated rings. The Morgan fingerprint density at radius 2 is 1.90 bits per heavy atom. The van der Waals surface area contributed by atoms with Crippen molar-refractivity contribution in [2.75, 3.05) is 6.61 Å². The van der Waals surface area contributed by atoms with Crippen molar-refractivity contribution in [3.63, 3.8) is 0 Å². The summed E-state index contributed by atoms with van der Waals surface area (Å²) in [5.74, 6) is 0.287. The van der Waals surface area contributed by atoms with Crippen molar-refractivity contribution >= 4 is 0 Å². The van der Waals surface area contributed by atoms with Gasteiger partial charge in [-0.25, -0.2) is 0 Å². The minimum Gasteiger partial charge on any atom is -0.394 e. The summed E-state index contributed by atoms with van der Waals surface area (Å²) in [5.41, 5.74) is 0. The molecule has 0 spiro atoms. The smallest absolute Gasteiger partial charge is 0.0798 e. The van der Waals surface area contributed by atoms with E-state index in [-0.39, 0.29) is 12.5 Å². The van der Waals surface area contributed by atoms with Gasteiger partial charge in [0, 0.05) is 0 Å². The van der Waals surface area contributed by atoms with Crippen LogP contribution in [0.15, 0.2) is 0 Å². The molecular formula is C8H18O2. The van der Waals surface area contributed by atoms with Crippen molar-refractivity contribution in [1.29, 1.82) is 0 Å². The van der Waals surface area contributed by atoms with Crippen molar-refractivity contribution in [3.05, 3.63) is 0 Å². The van der Waals surface area contributed by atoms with Gasteiger partial charge in [0.15, 0.2) is 0 Å². The molecule has 0 aliphatic heterocycles. The van der Waals surface area contributed by atoms with Crippen LogP contribution in [0.4, 0.5) is 0 Å². The Balaban J connectivity index is 3.56. The van der Waals surface area contributed by atoms with E-state index in [2.05, 4.69) is 6.92 Å². The molecule has 2 heteroatoms. The lowest BCUT2D eigenvalue weighted by atomic mass is 9.95. The Labute approximate surface area is 62.9 Å². The Morgan fingerprint density at radius 3 is 2.20 bits per heavy atom. The Hall–Kier alpha value is -0.0800. The Bertz CT molecular complexity index is 73.7.